The Kier molecular flexibility index (Phi) is 4.58. The molecule has 0 unspecified atom stereocenters. The fourth-order valence-electron chi connectivity index (χ4n) is 1.26. The Labute approximate surface area is 95.4 Å². The molecule has 3 nitrogen and oxygen atoms in total. The topological polar surface area (TPSA) is 46.5 Å². The molecule has 0 aromatic heterocycles. The molecule has 0 spiro atoms. The maximum absolute atomic E-state index is 10.2. The molecular weight excluding hydrogens is 204 g/mol. The average Bonchev–Trinajstić information content (AvgIpc) is 2.24. The van der Waals surface area contributed by atoms with E-state index in [9.17, 15) is 4.79 Å². The van der Waals surface area contributed by atoms with Gasteiger partial charge in [0.25, 0.3) is 0 Å². The first-order chi connectivity index (χ1) is 7.59. The molecule has 0 heterocycles. The maximum Gasteiger partial charge on any atom is 0.328 e. The van der Waals surface area contributed by atoms with E-state index < -0.39 is 5.97 Å². The van der Waals surface area contributed by atoms with Crippen molar-refractivity contribution < 1.29 is 14.6 Å². The molecule has 3 heteroatoms. The van der Waals surface area contributed by atoms with Crippen LogP contribution in [-0.2, 0) is 4.79 Å². The predicted molar refractivity (Wildman–Crippen MR) is 62.8 cm³/mol. The zero-order valence-electron chi connectivity index (χ0n) is 9.51. The molecule has 0 aliphatic rings. The molecule has 0 saturated heterocycles. The van der Waals surface area contributed by atoms with Gasteiger partial charge in [-0.3, -0.25) is 0 Å². The van der Waals surface area contributed by atoms with Gasteiger partial charge in [-0.2, -0.15) is 0 Å². The van der Waals surface area contributed by atoms with Crippen LogP contribution in [0.3, 0.4) is 0 Å². The van der Waals surface area contributed by atoms with Crippen LogP contribution in [-0.4, -0.2) is 17.7 Å². The highest BCUT2D eigenvalue weighted by molar-refractivity contribution is 5.79. The van der Waals surface area contributed by atoms with E-state index in [0.29, 0.717) is 5.92 Å². The van der Waals surface area contributed by atoms with Gasteiger partial charge in [-0.05, 0) is 29.7 Å². The number of hydrogen-bond acceptors (Lipinski definition) is 2. The van der Waals surface area contributed by atoms with Crippen molar-refractivity contribution in [3.05, 3.63) is 42.0 Å². The Balaban J connectivity index is 2.54. The molecule has 1 rings (SSSR count). The summed E-state index contributed by atoms with van der Waals surface area (Å²) < 4.78 is 5.40. The third-order valence-electron chi connectivity index (χ3n) is 2.13. The first-order valence-corrected chi connectivity index (χ1v) is 5.22. The van der Waals surface area contributed by atoms with Crippen molar-refractivity contribution in [1.29, 1.82) is 0 Å². The lowest BCUT2D eigenvalue weighted by molar-refractivity contribution is -0.131. The van der Waals surface area contributed by atoms with Gasteiger partial charge in [0.2, 0.25) is 0 Å². The minimum Gasteiger partial charge on any atom is -0.490 e. The number of carboxylic acids is 1. The third kappa shape index (κ3) is 4.17. The van der Waals surface area contributed by atoms with Crippen LogP contribution in [0.4, 0.5) is 0 Å². The molecule has 86 valence electrons. The van der Waals surface area contributed by atoms with Gasteiger partial charge in [-0.25, -0.2) is 4.79 Å². The van der Waals surface area contributed by atoms with Gasteiger partial charge in [0, 0.05) is 6.08 Å². The number of carbonyl (C=O) groups is 1. The van der Waals surface area contributed by atoms with Gasteiger partial charge in [-0.1, -0.05) is 26.0 Å². The summed E-state index contributed by atoms with van der Waals surface area (Å²) >= 11 is 0. The summed E-state index contributed by atoms with van der Waals surface area (Å²) in [5, 5.41) is 8.39. The van der Waals surface area contributed by atoms with Crippen LogP contribution in [0, 0.1) is 0 Å². The number of rotatable bonds is 5. The Bertz CT molecular complexity index is 381. The largest absolute Gasteiger partial charge is 0.490 e. The number of ether oxygens (including phenoxy) is 1. The smallest absolute Gasteiger partial charge is 0.328 e. The van der Waals surface area contributed by atoms with Gasteiger partial charge in [0.05, 0.1) is 0 Å². The summed E-state index contributed by atoms with van der Waals surface area (Å²) in [4.78, 5) is 10.2. The lowest BCUT2D eigenvalue weighted by Crippen LogP contribution is -1.96. The van der Waals surface area contributed by atoms with Crippen LogP contribution in [0.15, 0.2) is 36.4 Å². The highest BCUT2D eigenvalue weighted by Gasteiger charge is 2.00. The molecule has 0 fully saturated rings. The number of hydrogen-bond donors (Lipinski definition) is 1. The molecule has 1 aromatic rings. The van der Waals surface area contributed by atoms with Crippen LogP contribution >= 0.6 is 0 Å². The first-order valence-electron chi connectivity index (χ1n) is 5.22. The Morgan fingerprint density at radius 1 is 1.50 bits per heavy atom. The summed E-state index contributed by atoms with van der Waals surface area (Å²) in [6, 6.07) is 7.82. The molecule has 0 atom stereocenters. The molecule has 0 aliphatic carbocycles. The summed E-state index contributed by atoms with van der Waals surface area (Å²) in [5.74, 6) is 0.263. The van der Waals surface area contributed by atoms with E-state index in [1.807, 2.05) is 24.3 Å². The summed E-state index contributed by atoms with van der Waals surface area (Å²) in [7, 11) is 0. The standard InChI is InChI=1S/C13H16O3/c1-10(2)11-5-3-6-12(9-11)16-8-4-7-13(14)15/h3-7,9-10H,8H2,1-2H3,(H,14,15). The van der Waals surface area contributed by atoms with E-state index in [1.165, 1.54) is 11.6 Å². The van der Waals surface area contributed by atoms with Crippen molar-refractivity contribution >= 4 is 5.97 Å². The quantitative estimate of drug-likeness (QED) is 0.776. The first kappa shape index (κ1) is 12.3. The van der Waals surface area contributed by atoms with E-state index in [1.54, 1.807) is 0 Å². The molecule has 0 saturated carbocycles. The number of aliphatic carboxylic acids is 1. The van der Waals surface area contributed by atoms with Gasteiger partial charge in [0.1, 0.15) is 12.4 Å². The zero-order valence-corrected chi connectivity index (χ0v) is 9.51. The molecule has 1 aromatic carbocycles. The van der Waals surface area contributed by atoms with E-state index >= 15 is 0 Å². The van der Waals surface area contributed by atoms with Crippen LogP contribution in [0.2, 0.25) is 0 Å². The second-order valence-corrected chi connectivity index (χ2v) is 3.78. The predicted octanol–water partition coefficient (Wildman–Crippen LogP) is 2.83. The van der Waals surface area contributed by atoms with Crippen LogP contribution in [0.1, 0.15) is 25.3 Å². The van der Waals surface area contributed by atoms with E-state index in [0.717, 1.165) is 11.8 Å². The van der Waals surface area contributed by atoms with Gasteiger partial charge in [0.15, 0.2) is 0 Å². The molecule has 0 amide bonds. The normalized spacial score (nSPS) is 10.9. The summed E-state index contributed by atoms with van der Waals surface area (Å²) in [6.07, 6.45) is 2.55. The molecule has 0 radical (unpaired) electrons. The Morgan fingerprint density at radius 3 is 2.88 bits per heavy atom. The van der Waals surface area contributed by atoms with Crippen molar-refractivity contribution in [3.8, 4) is 5.75 Å². The second kappa shape index (κ2) is 5.95. The SMILES string of the molecule is CC(C)c1cccc(OCC=CC(=O)O)c1. The lowest BCUT2D eigenvalue weighted by Gasteiger charge is -2.08. The molecule has 0 aliphatic heterocycles. The molecule has 16 heavy (non-hydrogen) atoms. The van der Waals surface area contributed by atoms with Gasteiger partial charge < -0.3 is 9.84 Å². The van der Waals surface area contributed by atoms with Crippen molar-refractivity contribution in [2.24, 2.45) is 0 Å². The van der Waals surface area contributed by atoms with Crippen molar-refractivity contribution in [2.75, 3.05) is 6.61 Å². The molecular formula is C13H16O3. The number of benzene rings is 1. The second-order valence-electron chi connectivity index (χ2n) is 3.78. The van der Waals surface area contributed by atoms with Gasteiger partial charge >= 0.3 is 5.97 Å². The van der Waals surface area contributed by atoms with Crippen LogP contribution < -0.4 is 4.74 Å². The highest BCUT2D eigenvalue weighted by atomic mass is 16.5. The fraction of sp³-hybridized carbons (Fsp3) is 0.308. The van der Waals surface area contributed by atoms with Crippen LogP contribution in [0.5, 0.6) is 5.75 Å². The van der Waals surface area contributed by atoms with Crippen LogP contribution in [0.25, 0.3) is 0 Å². The monoisotopic (exact) mass is 220 g/mol. The van der Waals surface area contributed by atoms with E-state index in [-0.39, 0.29) is 6.61 Å². The van der Waals surface area contributed by atoms with Crippen molar-refractivity contribution in [1.82, 2.24) is 0 Å². The average molecular weight is 220 g/mol. The third-order valence-corrected chi connectivity index (χ3v) is 2.13. The summed E-state index contributed by atoms with van der Waals surface area (Å²) in [5.41, 5.74) is 1.21. The maximum atomic E-state index is 10.2. The van der Waals surface area contributed by atoms with Crippen molar-refractivity contribution in [3.63, 3.8) is 0 Å². The van der Waals surface area contributed by atoms with Gasteiger partial charge in [-0.15, -0.1) is 0 Å². The molecule has 0 bridgehead atoms. The Hall–Kier alpha value is -1.77. The molecule has 1 N–H and O–H groups in total. The number of carboxylic acid groups (broad SMARTS) is 1. The Morgan fingerprint density at radius 2 is 2.25 bits per heavy atom. The minimum absolute atomic E-state index is 0.272. The van der Waals surface area contributed by atoms with Crippen molar-refractivity contribution in [2.45, 2.75) is 19.8 Å². The summed E-state index contributed by atoms with van der Waals surface area (Å²) in [6.45, 7) is 4.50. The van der Waals surface area contributed by atoms with E-state index in [4.69, 9.17) is 9.84 Å². The highest BCUT2D eigenvalue weighted by Crippen LogP contribution is 2.19. The lowest BCUT2D eigenvalue weighted by atomic mass is 10.0. The van der Waals surface area contributed by atoms with E-state index in [2.05, 4.69) is 13.8 Å². The zero-order chi connectivity index (χ0) is 12.0. The minimum atomic E-state index is -0.959. The fourth-order valence-corrected chi connectivity index (χ4v) is 1.26.